The van der Waals surface area contributed by atoms with E-state index >= 15 is 0 Å². The maximum Gasteiger partial charge on any atom is 0.223 e. The van der Waals surface area contributed by atoms with Crippen molar-refractivity contribution in [3.8, 4) is 0 Å². The van der Waals surface area contributed by atoms with E-state index in [0.717, 1.165) is 44.5 Å². The quantitative estimate of drug-likeness (QED) is 0.874. The SMILES string of the molecule is O=C1C[C@@H]2CCNC[C@H]2CCN1Cc1cccnc1. The molecule has 2 aliphatic rings. The van der Waals surface area contributed by atoms with Gasteiger partial charge in [-0.15, -0.1) is 0 Å². The van der Waals surface area contributed by atoms with Crippen LogP contribution in [0, 0.1) is 11.8 Å². The summed E-state index contributed by atoms with van der Waals surface area (Å²) in [5.41, 5.74) is 1.12. The van der Waals surface area contributed by atoms with Crippen LogP contribution in [0.5, 0.6) is 0 Å². The lowest BCUT2D eigenvalue weighted by Crippen LogP contribution is -2.36. The number of nitrogens with one attached hydrogen (secondary N) is 1. The molecule has 4 heteroatoms. The van der Waals surface area contributed by atoms with Crippen molar-refractivity contribution in [2.24, 2.45) is 11.8 Å². The monoisotopic (exact) mass is 259 g/mol. The van der Waals surface area contributed by atoms with Gasteiger partial charge in [-0.05, 0) is 49.4 Å². The molecule has 0 spiro atoms. The van der Waals surface area contributed by atoms with Gasteiger partial charge in [-0.2, -0.15) is 0 Å². The van der Waals surface area contributed by atoms with Crippen LogP contribution in [0.4, 0.5) is 0 Å². The van der Waals surface area contributed by atoms with Gasteiger partial charge in [-0.3, -0.25) is 9.78 Å². The number of carbonyl (C=O) groups is 1. The number of amides is 1. The summed E-state index contributed by atoms with van der Waals surface area (Å²) in [5.74, 6) is 1.59. The first kappa shape index (κ1) is 12.6. The Morgan fingerprint density at radius 2 is 2.32 bits per heavy atom. The van der Waals surface area contributed by atoms with Gasteiger partial charge in [0.05, 0.1) is 0 Å². The number of likely N-dealkylation sites (tertiary alicyclic amines) is 1. The summed E-state index contributed by atoms with van der Waals surface area (Å²) < 4.78 is 0. The lowest BCUT2D eigenvalue weighted by Gasteiger charge is -2.29. The van der Waals surface area contributed by atoms with E-state index in [0.29, 0.717) is 24.3 Å². The van der Waals surface area contributed by atoms with Gasteiger partial charge in [0, 0.05) is 31.9 Å². The van der Waals surface area contributed by atoms with Crippen molar-refractivity contribution in [2.75, 3.05) is 19.6 Å². The summed E-state index contributed by atoms with van der Waals surface area (Å²) >= 11 is 0. The first-order valence-electron chi connectivity index (χ1n) is 7.20. The van der Waals surface area contributed by atoms with Gasteiger partial charge in [-0.1, -0.05) is 6.07 Å². The lowest BCUT2D eigenvalue weighted by atomic mass is 9.83. The molecule has 1 amide bonds. The fourth-order valence-electron chi connectivity index (χ4n) is 3.26. The molecule has 0 aliphatic carbocycles. The van der Waals surface area contributed by atoms with Gasteiger partial charge in [-0.25, -0.2) is 0 Å². The van der Waals surface area contributed by atoms with E-state index < -0.39 is 0 Å². The van der Waals surface area contributed by atoms with Gasteiger partial charge < -0.3 is 10.2 Å². The maximum absolute atomic E-state index is 12.4. The highest BCUT2D eigenvalue weighted by Gasteiger charge is 2.32. The van der Waals surface area contributed by atoms with Crippen LogP contribution in [0.15, 0.2) is 24.5 Å². The zero-order valence-electron chi connectivity index (χ0n) is 11.2. The van der Waals surface area contributed by atoms with Crippen molar-refractivity contribution in [1.29, 1.82) is 0 Å². The molecule has 4 nitrogen and oxygen atoms in total. The molecule has 3 rings (SSSR count). The van der Waals surface area contributed by atoms with Crippen LogP contribution in [0.2, 0.25) is 0 Å². The molecule has 0 aromatic carbocycles. The predicted molar refractivity (Wildman–Crippen MR) is 73.4 cm³/mol. The van der Waals surface area contributed by atoms with E-state index in [1.165, 1.54) is 0 Å². The molecule has 1 N–H and O–H groups in total. The molecule has 1 aromatic heterocycles. The van der Waals surface area contributed by atoms with Crippen molar-refractivity contribution < 1.29 is 4.79 Å². The molecule has 0 bridgehead atoms. The van der Waals surface area contributed by atoms with Crippen LogP contribution in [0.25, 0.3) is 0 Å². The summed E-state index contributed by atoms with van der Waals surface area (Å²) in [6.45, 7) is 3.74. The standard InChI is InChI=1S/C15H21N3O/c19-15-8-13-3-6-17-10-14(13)4-7-18(15)11-12-2-1-5-16-9-12/h1-2,5,9,13-14,17H,3-4,6-8,10-11H2/t13-,14+/m0/s1. The number of rotatable bonds is 2. The summed E-state index contributed by atoms with van der Waals surface area (Å²) in [4.78, 5) is 18.5. The highest BCUT2D eigenvalue weighted by atomic mass is 16.2. The predicted octanol–water partition coefficient (Wildman–Crippen LogP) is 1.43. The molecule has 2 fully saturated rings. The van der Waals surface area contributed by atoms with Crippen molar-refractivity contribution in [3.63, 3.8) is 0 Å². The van der Waals surface area contributed by atoms with Crippen molar-refractivity contribution >= 4 is 5.91 Å². The van der Waals surface area contributed by atoms with Crippen LogP contribution >= 0.6 is 0 Å². The van der Waals surface area contributed by atoms with Gasteiger partial charge in [0.2, 0.25) is 5.91 Å². The molecule has 0 saturated carbocycles. The number of hydrogen-bond acceptors (Lipinski definition) is 3. The molecule has 2 aliphatic heterocycles. The molecule has 0 radical (unpaired) electrons. The molecule has 3 heterocycles. The van der Waals surface area contributed by atoms with Crippen molar-refractivity contribution in [2.45, 2.75) is 25.8 Å². The van der Waals surface area contributed by atoms with Crippen molar-refractivity contribution in [3.05, 3.63) is 30.1 Å². The van der Waals surface area contributed by atoms with Crippen LogP contribution < -0.4 is 5.32 Å². The Morgan fingerprint density at radius 1 is 1.37 bits per heavy atom. The highest BCUT2D eigenvalue weighted by Crippen LogP contribution is 2.29. The maximum atomic E-state index is 12.4. The van der Waals surface area contributed by atoms with Crippen LogP contribution in [-0.4, -0.2) is 35.4 Å². The number of nitrogens with zero attached hydrogens (tertiary/aromatic N) is 2. The molecular weight excluding hydrogens is 238 g/mol. The van der Waals surface area contributed by atoms with E-state index in [-0.39, 0.29) is 0 Å². The summed E-state index contributed by atoms with van der Waals surface area (Å²) in [6.07, 6.45) is 6.63. The van der Waals surface area contributed by atoms with Gasteiger partial charge in [0.1, 0.15) is 0 Å². The Balaban J connectivity index is 1.67. The second kappa shape index (κ2) is 5.70. The minimum atomic E-state index is 0.318. The second-order valence-corrected chi connectivity index (χ2v) is 5.68. The van der Waals surface area contributed by atoms with Gasteiger partial charge in [0.15, 0.2) is 0 Å². The van der Waals surface area contributed by atoms with Gasteiger partial charge in [0.25, 0.3) is 0 Å². The Hall–Kier alpha value is -1.42. The molecule has 1 aromatic rings. The average Bonchev–Trinajstić information content (AvgIpc) is 2.60. The minimum absolute atomic E-state index is 0.318. The summed E-state index contributed by atoms with van der Waals surface area (Å²) in [5, 5.41) is 3.45. The number of pyridine rings is 1. The Kier molecular flexibility index (Phi) is 3.78. The van der Waals surface area contributed by atoms with Crippen LogP contribution in [0.3, 0.4) is 0 Å². The molecule has 19 heavy (non-hydrogen) atoms. The van der Waals surface area contributed by atoms with E-state index in [9.17, 15) is 4.79 Å². The Labute approximate surface area is 114 Å². The molecule has 102 valence electrons. The Morgan fingerprint density at radius 3 is 3.16 bits per heavy atom. The molecular formula is C15H21N3O. The van der Waals surface area contributed by atoms with Gasteiger partial charge >= 0.3 is 0 Å². The number of carbonyl (C=O) groups excluding carboxylic acids is 1. The van der Waals surface area contributed by atoms with Crippen molar-refractivity contribution in [1.82, 2.24) is 15.2 Å². The smallest absolute Gasteiger partial charge is 0.223 e. The number of aromatic nitrogens is 1. The number of hydrogen-bond donors (Lipinski definition) is 1. The minimum Gasteiger partial charge on any atom is -0.338 e. The van der Waals surface area contributed by atoms with Crippen LogP contribution in [-0.2, 0) is 11.3 Å². The highest BCUT2D eigenvalue weighted by molar-refractivity contribution is 5.76. The lowest BCUT2D eigenvalue weighted by molar-refractivity contribution is -0.132. The molecule has 0 unspecified atom stereocenters. The second-order valence-electron chi connectivity index (χ2n) is 5.68. The molecule has 2 atom stereocenters. The van der Waals surface area contributed by atoms with Crippen LogP contribution in [0.1, 0.15) is 24.8 Å². The van der Waals surface area contributed by atoms with E-state index in [2.05, 4.69) is 10.3 Å². The number of piperidine rings is 1. The van der Waals surface area contributed by atoms with E-state index in [1.54, 1.807) is 6.20 Å². The fraction of sp³-hybridized carbons (Fsp3) is 0.600. The largest absolute Gasteiger partial charge is 0.338 e. The third-order valence-electron chi connectivity index (χ3n) is 4.42. The van der Waals surface area contributed by atoms with E-state index in [1.807, 2.05) is 23.2 Å². The third-order valence-corrected chi connectivity index (χ3v) is 4.42. The first-order chi connectivity index (χ1) is 9.33. The van der Waals surface area contributed by atoms with E-state index in [4.69, 9.17) is 0 Å². The summed E-state index contributed by atoms with van der Waals surface area (Å²) in [6, 6.07) is 3.97. The number of fused-ring (bicyclic) bond motifs is 1. The molecule has 2 saturated heterocycles. The zero-order chi connectivity index (χ0) is 13.1. The Bertz CT molecular complexity index is 434. The normalized spacial score (nSPS) is 27.8. The average molecular weight is 259 g/mol. The third kappa shape index (κ3) is 2.95. The first-order valence-corrected chi connectivity index (χ1v) is 7.20. The summed E-state index contributed by atoms with van der Waals surface area (Å²) in [7, 11) is 0. The topological polar surface area (TPSA) is 45.2 Å². The fourth-order valence-corrected chi connectivity index (χ4v) is 3.26. The zero-order valence-corrected chi connectivity index (χ0v) is 11.2.